The normalized spacial score (nSPS) is 20.0. The summed E-state index contributed by atoms with van der Waals surface area (Å²) in [5, 5.41) is 14.7. The minimum atomic E-state index is -0.320. The maximum absolute atomic E-state index is 12.6. The molecular weight excluding hydrogens is 352 g/mol. The summed E-state index contributed by atoms with van der Waals surface area (Å²) < 4.78 is 0. The van der Waals surface area contributed by atoms with Crippen LogP contribution in [0.2, 0.25) is 5.02 Å². The zero-order valence-corrected chi connectivity index (χ0v) is 15.6. The van der Waals surface area contributed by atoms with Crippen LogP contribution < -0.4 is 5.32 Å². The van der Waals surface area contributed by atoms with Crippen molar-refractivity contribution in [2.75, 3.05) is 5.75 Å². The number of rotatable bonds is 4. The summed E-state index contributed by atoms with van der Waals surface area (Å²) in [5.74, 6) is 0.543. The molecule has 1 heterocycles. The van der Waals surface area contributed by atoms with E-state index in [4.69, 9.17) is 11.6 Å². The number of hydrogen-bond donors (Lipinski definition) is 1. The van der Waals surface area contributed by atoms with Crippen molar-refractivity contribution in [3.8, 4) is 6.07 Å². The smallest absolute Gasteiger partial charge is 0.161 e. The third-order valence-corrected chi connectivity index (χ3v) is 5.83. The fraction of sp³-hybridized carbons (Fsp3) is 0.300. The number of carbonyl (C=O) groups is 1. The van der Waals surface area contributed by atoms with E-state index in [-0.39, 0.29) is 11.7 Å². The Labute approximate surface area is 157 Å². The fourth-order valence-corrected chi connectivity index (χ4v) is 4.25. The number of allylic oxidation sites excluding steroid dienone is 3. The van der Waals surface area contributed by atoms with Crippen molar-refractivity contribution in [2.24, 2.45) is 0 Å². The van der Waals surface area contributed by atoms with Crippen molar-refractivity contribution in [1.29, 1.82) is 5.26 Å². The molecule has 1 aliphatic carbocycles. The standard InChI is InChI=1S/C20H19ClN2OS/c1-12(2)11-25-20-15(10-22)18(13-6-8-14(21)9-7-13)19-16(23-20)4-3-5-17(19)24/h6-9,18,23H,1,3-5,11H2,2H3. The number of halogens is 1. The Morgan fingerprint density at radius 3 is 2.76 bits per heavy atom. The quantitative estimate of drug-likeness (QED) is 0.751. The summed E-state index contributed by atoms with van der Waals surface area (Å²) in [6.45, 7) is 5.90. The van der Waals surface area contributed by atoms with Gasteiger partial charge in [0.25, 0.3) is 0 Å². The first-order chi connectivity index (χ1) is 12.0. The Balaban J connectivity index is 2.11. The van der Waals surface area contributed by atoms with Gasteiger partial charge in [-0.15, -0.1) is 11.8 Å². The van der Waals surface area contributed by atoms with Crippen LogP contribution in [-0.2, 0) is 4.79 Å². The molecule has 0 amide bonds. The Bertz CT molecular complexity index is 830. The maximum atomic E-state index is 12.6. The third kappa shape index (κ3) is 3.68. The molecule has 5 heteroatoms. The predicted molar refractivity (Wildman–Crippen MR) is 103 cm³/mol. The molecule has 0 saturated heterocycles. The van der Waals surface area contributed by atoms with Crippen LogP contribution >= 0.6 is 23.4 Å². The minimum Gasteiger partial charge on any atom is -0.352 e. The van der Waals surface area contributed by atoms with E-state index in [0.717, 1.165) is 46.0 Å². The van der Waals surface area contributed by atoms with E-state index in [1.165, 1.54) is 0 Å². The number of Topliss-reactive ketones (excluding diaryl/α,β-unsaturated/α-hetero) is 1. The van der Waals surface area contributed by atoms with Gasteiger partial charge in [-0.2, -0.15) is 5.26 Å². The molecule has 0 radical (unpaired) electrons. The number of ketones is 1. The van der Waals surface area contributed by atoms with Gasteiger partial charge >= 0.3 is 0 Å². The molecule has 0 aromatic heterocycles. The summed E-state index contributed by atoms with van der Waals surface area (Å²) >= 11 is 7.59. The highest BCUT2D eigenvalue weighted by atomic mass is 35.5. The summed E-state index contributed by atoms with van der Waals surface area (Å²) in [4.78, 5) is 12.6. The maximum Gasteiger partial charge on any atom is 0.161 e. The monoisotopic (exact) mass is 370 g/mol. The number of nitrogens with one attached hydrogen (secondary N) is 1. The summed E-state index contributed by atoms with van der Waals surface area (Å²) in [6, 6.07) is 9.77. The zero-order chi connectivity index (χ0) is 18.0. The molecule has 3 rings (SSSR count). The fourth-order valence-electron chi connectivity index (χ4n) is 3.22. The van der Waals surface area contributed by atoms with Crippen LogP contribution in [-0.4, -0.2) is 11.5 Å². The van der Waals surface area contributed by atoms with Crippen LogP contribution in [0.3, 0.4) is 0 Å². The molecule has 0 saturated carbocycles. The Morgan fingerprint density at radius 2 is 2.12 bits per heavy atom. The van der Waals surface area contributed by atoms with Gasteiger partial charge in [-0.25, -0.2) is 0 Å². The van der Waals surface area contributed by atoms with Crippen molar-refractivity contribution in [3.63, 3.8) is 0 Å². The highest BCUT2D eigenvalue weighted by Gasteiger charge is 2.36. The van der Waals surface area contributed by atoms with E-state index in [1.807, 2.05) is 31.2 Å². The molecular formula is C20H19ClN2OS. The topological polar surface area (TPSA) is 52.9 Å². The number of thioether (sulfide) groups is 1. The number of benzene rings is 1. The van der Waals surface area contributed by atoms with Crippen LogP contribution in [0.1, 0.15) is 37.7 Å². The second kappa shape index (κ2) is 7.51. The van der Waals surface area contributed by atoms with Gasteiger partial charge in [0.2, 0.25) is 0 Å². The molecule has 0 spiro atoms. The van der Waals surface area contributed by atoms with Crippen LogP contribution in [0.25, 0.3) is 0 Å². The highest BCUT2D eigenvalue weighted by Crippen LogP contribution is 2.44. The van der Waals surface area contributed by atoms with Crippen molar-refractivity contribution >= 4 is 29.1 Å². The van der Waals surface area contributed by atoms with Crippen molar-refractivity contribution in [1.82, 2.24) is 5.32 Å². The first kappa shape index (κ1) is 17.8. The molecule has 1 aromatic rings. The molecule has 25 heavy (non-hydrogen) atoms. The second-order valence-corrected chi connectivity index (χ2v) is 7.80. The summed E-state index contributed by atoms with van der Waals surface area (Å²) in [7, 11) is 0. The van der Waals surface area contributed by atoms with Crippen LogP contribution in [0.5, 0.6) is 0 Å². The van der Waals surface area contributed by atoms with Crippen LogP contribution in [0, 0.1) is 11.3 Å². The van der Waals surface area contributed by atoms with Gasteiger partial charge < -0.3 is 5.32 Å². The van der Waals surface area contributed by atoms with Crippen molar-refractivity contribution in [2.45, 2.75) is 32.1 Å². The van der Waals surface area contributed by atoms with Crippen molar-refractivity contribution < 1.29 is 4.79 Å². The number of dihydropyridines is 1. The average Bonchev–Trinajstić information content (AvgIpc) is 2.59. The van der Waals surface area contributed by atoms with Gasteiger partial charge in [0, 0.05) is 28.5 Å². The lowest BCUT2D eigenvalue weighted by Crippen LogP contribution is -2.31. The van der Waals surface area contributed by atoms with E-state index in [1.54, 1.807) is 11.8 Å². The molecule has 1 aliphatic heterocycles. The average molecular weight is 371 g/mol. The highest BCUT2D eigenvalue weighted by molar-refractivity contribution is 8.03. The first-order valence-corrected chi connectivity index (χ1v) is 9.57. The molecule has 128 valence electrons. The van der Waals surface area contributed by atoms with Gasteiger partial charge in [0.05, 0.1) is 22.6 Å². The lowest BCUT2D eigenvalue weighted by molar-refractivity contribution is -0.116. The molecule has 1 unspecified atom stereocenters. The van der Waals surface area contributed by atoms with Gasteiger partial charge in [-0.05, 0) is 37.5 Å². The Kier molecular flexibility index (Phi) is 5.36. The molecule has 0 fully saturated rings. The largest absolute Gasteiger partial charge is 0.352 e. The number of nitriles is 1. The lowest BCUT2D eigenvalue weighted by atomic mass is 9.77. The van der Waals surface area contributed by atoms with Crippen LogP contribution in [0.4, 0.5) is 0 Å². The first-order valence-electron chi connectivity index (χ1n) is 8.21. The van der Waals surface area contributed by atoms with Crippen molar-refractivity contribution in [3.05, 3.63) is 68.9 Å². The van der Waals surface area contributed by atoms with E-state index in [9.17, 15) is 10.1 Å². The zero-order valence-electron chi connectivity index (χ0n) is 14.1. The van der Waals surface area contributed by atoms with E-state index >= 15 is 0 Å². The second-order valence-electron chi connectivity index (χ2n) is 6.38. The Hall–Kier alpha value is -1.96. The number of carbonyl (C=O) groups excluding carboxylic acids is 1. The molecule has 0 bridgehead atoms. The molecule has 2 aliphatic rings. The Morgan fingerprint density at radius 1 is 1.40 bits per heavy atom. The van der Waals surface area contributed by atoms with Gasteiger partial charge in [0.1, 0.15) is 0 Å². The van der Waals surface area contributed by atoms with E-state index in [0.29, 0.717) is 17.0 Å². The third-order valence-electron chi connectivity index (χ3n) is 4.33. The predicted octanol–water partition coefficient (Wildman–Crippen LogP) is 5.08. The molecule has 1 atom stereocenters. The van der Waals surface area contributed by atoms with Gasteiger partial charge in [-0.1, -0.05) is 35.9 Å². The number of hydrogen-bond acceptors (Lipinski definition) is 4. The number of nitrogens with zero attached hydrogens (tertiary/aromatic N) is 1. The summed E-state index contributed by atoms with van der Waals surface area (Å²) in [5.41, 5.74) is 4.27. The van der Waals surface area contributed by atoms with Crippen LogP contribution in [0.15, 0.2) is 58.3 Å². The molecule has 1 N–H and O–H groups in total. The van der Waals surface area contributed by atoms with Gasteiger partial charge in [-0.3, -0.25) is 4.79 Å². The molecule has 1 aromatic carbocycles. The molecule has 3 nitrogen and oxygen atoms in total. The lowest BCUT2D eigenvalue weighted by Gasteiger charge is -2.33. The summed E-state index contributed by atoms with van der Waals surface area (Å²) in [6.07, 6.45) is 2.22. The van der Waals surface area contributed by atoms with Gasteiger partial charge in [0.15, 0.2) is 5.78 Å². The SMILES string of the molecule is C=C(C)CSC1=C(C#N)C(c2ccc(Cl)cc2)C2=C(CCCC2=O)N1. The van der Waals surface area contributed by atoms with E-state index < -0.39 is 0 Å². The minimum absolute atomic E-state index is 0.130. The van der Waals surface area contributed by atoms with E-state index in [2.05, 4.69) is 18.0 Å².